The Morgan fingerprint density at radius 3 is 2.33 bits per heavy atom. The molecule has 1 aliphatic rings. The lowest BCUT2D eigenvalue weighted by atomic mass is 9.81. The standard InChI is InChI=1S/C20H17ClF6N2O/c21-15-9-11(19(22,23)24)10-28-17(15)13-6-2-4-8-16(13)29-18(30)12-5-1-3-7-14(12)20(25,26)27/h1,3,5,7,9-10,13,16H,2,4,6,8H2,(H,29,30)/t13-,16-/m1/s1. The molecule has 1 fully saturated rings. The van der Waals surface area contributed by atoms with E-state index in [1.54, 1.807) is 0 Å². The molecule has 0 aliphatic heterocycles. The van der Waals surface area contributed by atoms with Crippen molar-refractivity contribution in [1.82, 2.24) is 10.3 Å². The number of halogens is 7. The largest absolute Gasteiger partial charge is 0.417 e. The molecule has 2 atom stereocenters. The van der Waals surface area contributed by atoms with Gasteiger partial charge in [-0.05, 0) is 31.0 Å². The van der Waals surface area contributed by atoms with Gasteiger partial charge in [0.15, 0.2) is 0 Å². The van der Waals surface area contributed by atoms with Crippen LogP contribution in [0.25, 0.3) is 0 Å². The zero-order chi connectivity index (χ0) is 22.1. The predicted octanol–water partition coefficient (Wildman–Crippen LogP) is 6.23. The van der Waals surface area contributed by atoms with Crippen LogP contribution in [0.3, 0.4) is 0 Å². The molecule has 30 heavy (non-hydrogen) atoms. The predicted molar refractivity (Wildman–Crippen MR) is 98.2 cm³/mol. The fourth-order valence-electron chi connectivity index (χ4n) is 3.68. The number of carbonyl (C=O) groups excluding carboxylic acids is 1. The first kappa shape index (κ1) is 22.4. The Kier molecular flexibility index (Phi) is 6.31. The molecule has 1 aliphatic carbocycles. The first-order valence-electron chi connectivity index (χ1n) is 9.18. The Morgan fingerprint density at radius 2 is 1.70 bits per heavy atom. The Balaban J connectivity index is 1.87. The summed E-state index contributed by atoms with van der Waals surface area (Å²) >= 11 is 6.05. The van der Waals surface area contributed by atoms with Gasteiger partial charge in [0.25, 0.3) is 5.91 Å². The third-order valence-electron chi connectivity index (χ3n) is 5.11. The maximum atomic E-state index is 13.2. The van der Waals surface area contributed by atoms with E-state index in [2.05, 4.69) is 10.3 Å². The molecule has 0 spiro atoms. The Hall–Kier alpha value is -2.29. The zero-order valence-electron chi connectivity index (χ0n) is 15.4. The van der Waals surface area contributed by atoms with Gasteiger partial charge < -0.3 is 5.32 Å². The topological polar surface area (TPSA) is 42.0 Å². The first-order valence-corrected chi connectivity index (χ1v) is 9.56. The van der Waals surface area contributed by atoms with Crippen molar-refractivity contribution in [1.29, 1.82) is 0 Å². The van der Waals surface area contributed by atoms with E-state index in [1.165, 1.54) is 12.1 Å². The molecule has 0 radical (unpaired) electrons. The molecule has 2 aromatic rings. The second kappa shape index (κ2) is 8.45. The summed E-state index contributed by atoms with van der Waals surface area (Å²) in [6.45, 7) is 0. The van der Waals surface area contributed by atoms with Crippen molar-refractivity contribution in [2.45, 2.75) is 50.0 Å². The van der Waals surface area contributed by atoms with Crippen LogP contribution in [0.15, 0.2) is 36.5 Å². The number of rotatable bonds is 3. The number of nitrogens with one attached hydrogen (secondary N) is 1. The number of nitrogens with zero attached hydrogens (tertiary/aromatic N) is 1. The highest BCUT2D eigenvalue weighted by atomic mass is 35.5. The van der Waals surface area contributed by atoms with E-state index in [4.69, 9.17) is 11.6 Å². The average Bonchev–Trinajstić information content (AvgIpc) is 2.67. The quantitative estimate of drug-likeness (QED) is 0.563. The number of pyridine rings is 1. The van der Waals surface area contributed by atoms with E-state index in [1.807, 2.05) is 0 Å². The molecular formula is C20H17ClF6N2O. The summed E-state index contributed by atoms with van der Waals surface area (Å²) in [6.07, 6.45) is -6.24. The average molecular weight is 451 g/mol. The SMILES string of the molecule is O=C(N[C@@H]1CCCC[C@H]1c1ncc(C(F)(F)F)cc1Cl)c1ccccc1C(F)(F)F. The maximum absolute atomic E-state index is 13.2. The summed E-state index contributed by atoms with van der Waals surface area (Å²) < 4.78 is 78.2. The molecule has 1 N–H and O–H groups in total. The summed E-state index contributed by atoms with van der Waals surface area (Å²) in [7, 11) is 0. The second-order valence-electron chi connectivity index (χ2n) is 7.10. The van der Waals surface area contributed by atoms with Crippen LogP contribution in [0, 0.1) is 0 Å². The van der Waals surface area contributed by atoms with E-state index >= 15 is 0 Å². The van der Waals surface area contributed by atoms with Crippen LogP contribution in [-0.2, 0) is 12.4 Å². The molecule has 1 aromatic heterocycles. The van der Waals surface area contributed by atoms with E-state index in [9.17, 15) is 31.1 Å². The fourth-order valence-corrected chi connectivity index (χ4v) is 3.99. The monoisotopic (exact) mass is 450 g/mol. The van der Waals surface area contributed by atoms with Crippen LogP contribution >= 0.6 is 11.6 Å². The van der Waals surface area contributed by atoms with Crippen molar-refractivity contribution in [2.24, 2.45) is 0 Å². The molecule has 3 rings (SSSR count). The van der Waals surface area contributed by atoms with Gasteiger partial charge >= 0.3 is 12.4 Å². The third kappa shape index (κ3) is 4.88. The van der Waals surface area contributed by atoms with Crippen molar-refractivity contribution in [2.75, 3.05) is 0 Å². The highest BCUT2D eigenvalue weighted by Crippen LogP contribution is 2.38. The number of aromatic nitrogens is 1. The smallest absolute Gasteiger partial charge is 0.349 e. The van der Waals surface area contributed by atoms with E-state index < -0.39 is 46.9 Å². The first-order chi connectivity index (χ1) is 14.0. The minimum atomic E-state index is -4.70. The molecule has 1 saturated carbocycles. The van der Waals surface area contributed by atoms with Crippen LogP contribution < -0.4 is 5.32 Å². The summed E-state index contributed by atoms with van der Waals surface area (Å²) in [5, 5.41) is 2.42. The molecule has 10 heteroatoms. The van der Waals surface area contributed by atoms with Gasteiger partial charge in [-0.15, -0.1) is 0 Å². The van der Waals surface area contributed by atoms with Gasteiger partial charge in [0.1, 0.15) is 0 Å². The lowest BCUT2D eigenvalue weighted by molar-refractivity contribution is -0.138. The van der Waals surface area contributed by atoms with Gasteiger partial charge in [0, 0.05) is 18.2 Å². The van der Waals surface area contributed by atoms with Gasteiger partial charge in [-0.1, -0.05) is 36.6 Å². The molecule has 1 heterocycles. The van der Waals surface area contributed by atoms with Gasteiger partial charge in [0.2, 0.25) is 0 Å². The summed E-state index contributed by atoms with van der Waals surface area (Å²) in [5.41, 5.74) is -2.37. The molecule has 1 amide bonds. The van der Waals surface area contributed by atoms with Crippen molar-refractivity contribution in [3.63, 3.8) is 0 Å². The molecular weight excluding hydrogens is 434 g/mol. The van der Waals surface area contributed by atoms with Gasteiger partial charge in [-0.25, -0.2) is 0 Å². The van der Waals surface area contributed by atoms with Crippen LogP contribution in [-0.4, -0.2) is 16.9 Å². The highest BCUT2D eigenvalue weighted by Gasteiger charge is 2.37. The molecule has 3 nitrogen and oxygen atoms in total. The number of carbonyl (C=O) groups is 1. The van der Waals surface area contributed by atoms with Gasteiger partial charge in [-0.2, -0.15) is 26.3 Å². The Morgan fingerprint density at radius 1 is 1.03 bits per heavy atom. The Labute approximate surface area is 173 Å². The van der Waals surface area contributed by atoms with Crippen molar-refractivity contribution >= 4 is 17.5 Å². The lowest BCUT2D eigenvalue weighted by Crippen LogP contribution is -2.42. The van der Waals surface area contributed by atoms with Crippen LogP contribution in [0.2, 0.25) is 5.02 Å². The molecule has 1 aromatic carbocycles. The summed E-state index contributed by atoms with van der Waals surface area (Å²) in [5.74, 6) is -1.40. The van der Waals surface area contributed by atoms with Crippen LogP contribution in [0.4, 0.5) is 26.3 Å². The second-order valence-corrected chi connectivity index (χ2v) is 7.51. The summed E-state index contributed by atoms with van der Waals surface area (Å²) in [6, 6.07) is 4.59. The molecule has 0 unspecified atom stereocenters. The van der Waals surface area contributed by atoms with Crippen LogP contribution in [0.5, 0.6) is 0 Å². The van der Waals surface area contributed by atoms with Crippen LogP contribution in [0.1, 0.15) is 58.8 Å². The number of alkyl halides is 6. The molecule has 162 valence electrons. The van der Waals surface area contributed by atoms with Crippen molar-refractivity contribution in [3.05, 3.63) is 63.9 Å². The van der Waals surface area contributed by atoms with E-state index in [0.29, 0.717) is 25.5 Å². The third-order valence-corrected chi connectivity index (χ3v) is 5.41. The summed E-state index contributed by atoms with van der Waals surface area (Å²) in [4.78, 5) is 16.5. The number of hydrogen-bond donors (Lipinski definition) is 1. The van der Waals surface area contributed by atoms with Gasteiger partial charge in [0.05, 0.1) is 27.4 Å². The Bertz CT molecular complexity index is 928. The molecule has 0 saturated heterocycles. The number of benzene rings is 1. The van der Waals surface area contributed by atoms with Gasteiger partial charge in [-0.3, -0.25) is 9.78 Å². The normalized spacial score (nSPS) is 20.1. The maximum Gasteiger partial charge on any atom is 0.417 e. The minimum Gasteiger partial charge on any atom is -0.349 e. The zero-order valence-corrected chi connectivity index (χ0v) is 16.2. The minimum absolute atomic E-state index is 0.188. The van der Waals surface area contributed by atoms with E-state index in [0.717, 1.165) is 24.6 Å². The van der Waals surface area contributed by atoms with E-state index in [-0.39, 0.29) is 10.7 Å². The number of amides is 1. The van der Waals surface area contributed by atoms with Crippen molar-refractivity contribution in [3.8, 4) is 0 Å². The van der Waals surface area contributed by atoms with Crippen molar-refractivity contribution < 1.29 is 31.1 Å². The number of hydrogen-bond acceptors (Lipinski definition) is 2. The molecule has 0 bridgehead atoms. The highest BCUT2D eigenvalue weighted by molar-refractivity contribution is 6.31. The fraction of sp³-hybridized carbons (Fsp3) is 0.400. The lowest BCUT2D eigenvalue weighted by Gasteiger charge is -2.32.